The van der Waals surface area contributed by atoms with E-state index in [-0.39, 0.29) is 29.4 Å². The van der Waals surface area contributed by atoms with E-state index in [1.54, 1.807) is 37.3 Å². The van der Waals surface area contributed by atoms with Gasteiger partial charge in [-0.2, -0.15) is 0 Å². The summed E-state index contributed by atoms with van der Waals surface area (Å²) in [6.07, 6.45) is 0. The molecule has 1 aliphatic heterocycles. The van der Waals surface area contributed by atoms with Crippen LogP contribution in [0.3, 0.4) is 0 Å². The lowest BCUT2D eigenvalue weighted by Crippen LogP contribution is -2.32. The number of pyridine rings is 1. The number of hydrogen-bond acceptors (Lipinski definition) is 5. The third kappa shape index (κ3) is 2.81. The second-order valence-corrected chi connectivity index (χ2v) is 6.33. The minimum Gasteiger partial charge on any atom is -0.462 e. The summed E-state index contributed by atoms with van der Waals surface area (Å²) < 4.78 is 24.8. The topological polar surface area (TPSA) is 94.4 Å². The van der Waals surface area contributed by atoms with Crippen LogP contribution < -0.4 is 16.0 Å². The fraction of sp³-hybridized carbons (Fsp3) is 0.143. The highest BCUT2D eigenvalue weighted by molar-refractivity contribution is 5.95. The largest absolute Gasteiger partial charge is 0.462 e. The van der Waals surface area contributed by atoms with Crippen LogP contribution in [0.5, 0.6) is 5.75 Å². The lowest BCUT2D eigenvalue weighted by molar-refractivity contribution is -0.139. The molecular formula is C21H17FN2O4. The molecule has 0 radical (unpaired) electrons. The summed E-state index contributed by atoms with van der Waals surface area (Å²) in [6.45, 7) is 1.77. The van der Waals surface area contributed by atoms with E-state index in [1.165, 1.54) is 18.2 Å². The third-order valence-corrected chi connectivity index (χ3v) is 4.64. The second-order valence-electron chi connectivity index (χ2n) is 6.33. The maximum atomic E-state index is 13.9. The van der Waals surface area contributed by atoms with E-state index in [4.69, 9.17) is 15.2 Å². The summed E-state index contributed by atoms with van der Waals surface area (Å²) in [6, 6.07) is 12.8. The Morgan fingerprint density at radius 3 is 2.79 bits per heavy atom. The van der Waals surface area contributed by atoms with E-state index >= 15 is 0 Å². The van der Waals surface area contributed by atoms with Crippen LogP contribution in [0, 0.1) is 5.82 Å². The molecule has 3 aromatic rings. The van der Waals surface area contributed by atoms with Crippen LogP contribution in [0.15, 0.2) is 64.8 Å². The van der Waals surface area contributed by atoms with Gasteiger partial charge >= 0.3 is 5.97 Å². The van der Waals surface area contributed by atoms with Gasteiger partial charge in [-0.3, -0.25) is 4.79 Å². The van der Waals surface area contributed by atoms with Gasteiger partial charge in [0.05, 0.1) is 23.6 Å². The highest BCUT2D eigenvalue weighted by Crippen LogP contribution is 2.43. The number of carbonyl (C=O) groups excluding carboxylic acids is 1. The molecule has 0 aliphatic carbocycles. The number of ether oxygens (including phenoxy) is 2. The number of aromatic amines is 1. The minimum atomic E-state index is -0.924. The van der Waals surface area contributed by atoms with Crippen molar-refractivity contribution in [3.05, 3.63) is 87.3 Å². The zero-order chi connectivity index (χ0) is 19.8. The van der Waals surface area contributed by atoms with Gasteiger partial charge in [0.2, 0.25) is 5.88 Å². The molecule has 1 aromatic heterocycles. The van der Waals surface area contributed by atoms with E-state index in [1.807, 2.05) is 0 Å². The molecule has 0 saturated carbocycles. The number of fused-ring (bicyclic) bond motifs is 3. The number of hydrogen-bond donors (Lipinski definition) is 2. The average Bonchev–Trinajstić information content (AvgIpc) is 2.67. The van der Waals surface area contributed by atoms with Crippen LogP contribution in [0.4, 0.5) is 4.39 Å². The Labute approximate surface area is 159 Å². The summed E-state index contributed by atoms with van der Waals surface area (Å²) in [5.74, 6) is -2.06. The molecule has 0 fully saturated rings. The summed E-state index contributed by atoms with van der Waals surface area (Å²) in [4.78, 5) is 28.3. The Balaban J connectivity index is 2.05. The van der Waals surface area contributed by atoms with E-state index in [0.717, 1.165) is 0 Å². The Hall–Kier alpha value is -3.61. The Morgan fingerprint density at radius 2 is 2.04 bits per heavy atom. The van der Waals surface area contributed by atoms with Crippen LogP contribution >= 0.6 is 0 Å². The number of esters is 1. The lowest BCUT2D eigenvalue weighted by atomic mass is 9.83. The first-order valence-corrected chi connectivity index (χ1v) is 8.76. The van der Waals surface area contributed by atoms with Gasteiger partial charge in [-0.25, -0.2) is 9.18 Å². The van der Waals surface area contributed by atoms with Crippen molar-refractivity contribution in [1.29, 1.82) is 0 Å². The van der Waals surface area contributed by atoms with Crippen molar-refractivity contribution >= 4 is 16.9 Å². The molecule has 7 heteroatoms. The highest BCUT2D eigenvalue weighted by Gasteiger charge is 2.38. The Kier molecular flexibility index (Phi) is 4.35. The van der Waals surface area contributed by atoms with Gasteiger partial charge < -0.3 is 20.2 Å². The van der Waals surface area contributed by atoms with Gasteiger partial charge in [0.25, 0.3) is 5.56 Å². The van der Waals surface area contributed by atoms with E-state index in [2.05, 4.69) is 4.98 Å². The highest BCUT2D eigenvalue weighted by atomic mass is 19.1. The van der Waals surface area contributed by atoms with E-state index in [0.29, 0.717) is 16.5 Å². The fourth-order valence-electron chi connectivity index (χ4n) is 3.50. The first-order chi connectivity index (χ1) is 13.5. The Bertz CT molecular complexity index is 1180. The summed E-state index contributed by atoms with van der Waals surface area (Å²) in [7, 11) is 0. The van der Waals surface area contributed by atoms with Crippen LogP contribution in [-0.2, 0) is 9.53 Å². The van der Waals surface area contributed by atoms with E-state index < -0.39 is 23.3 Å². The normalized spacial score (nSPS) is 15.9. The van der Waals surface area contributed by atoms with Gasteiger partial charge in [-0.1, -0.05) is 24.3 Å². The number of carbonyl (C=O) groups is 1. The second kappa shape index (κ2) is 6.84. The number of aromatic nitrogens is 1. The average molecular weight is 380 g/mol. The molecular weight excluding hydrogens is 363 g/mol. The molecule has 28 heavy (non-hydrogen) atoms. The molecule has 0 bridgehead atoms. The van der Waals surface area contributed by atoms with Gasteiger partial charge in [0.1, 0.15) is 17.1 Å². The number of H-pyrrole nitrogens is 1. The first kappa shape index (κ1) is 17.8. The molecule has 3 N–H and O–H groups in total. The van der Waals surface area contributed by atoms with Crippen molar-refractivity contribution in [2.75, 3.05) is 6.61 Å². The molecule has 6 nitrogen and oxygen atoms in total. The van der Waals surface area contributed by atoms with Crippen LogP contribution in [0.1, 0.15) is 24.0 Å². The first-order valence-electron chi connectivity index (χ1n) is 8.76. The molecule has 0 unspecified atom stereocenters. The molecule has 2 aromatic carbocycles. The zero-order valence-electron chi connectivity index (χ0n) is 15.0. The molecule has 0 spiro atoms. The zero-order valence-corrected chi connectivity index (χ0v) is 15.0. The molecule has 1 aliphatic rings. The van der Waals surface area contributed by atoms with E-state index in [9.17, 15) is 14.0 Å². The lowest BCUT2D eigenvalue weighted by Gasteiger charge is -2.28. The SMILES string of the molecule is CCOC(=O)C1=C(N)Oc2c(c(=O)[nH]c3ccccc23)[C@H]1c1cccc(F)c1. The maximum absolute atomic E-state index is 13.9. The monoisotopic (exact) mass is 380 g/mol. The van der Waals surface area contributed by atoms with Crippen molar-refractivity contribution < 1.29 is 18.7 Å². The number of para-hydroxylation sites is 1. The number of nitrogens with two attached hydrogens (primary N) is 1. The molecule has 2 heterocycles. The third-order valence-electron chi connectivity index (χ3n) is 4.64. The number of rotatable bonds is 3. The van der Waals surface area contributed by atoms with Crippen molar-refractivity contribution in [3.8, 4) is 5.75 Å². The predicted octanol–water partition coefficient (Wildman–Crippen LogP) is 2.92. The maximum Gasteiger partial charge on any atom is 0.340 e. The molecule has 0 saturated heterocycles. The molecule has 1 atom stereocenters. The van der Waals surface area contributed by atoms with Crippen molar-refractivity contribution in [3.63, 3.8) is 0 Å². The van der Waals surface area contributed by atoms with Gasteiger partial charge in [0.15, 0.2) is 0 Å². The van der Waals surface area contributed by atoms with Crippen molar-refractivity contribution in [1.82, 2.24) is 4.98 Å². The Morgan fingerprint density at radius 1 is 1.25 bits per heavy atom. The molecule has 0 amide bonds. The predicted molar refractivity (Wildman–Crippen MR) is 101 cm³/mol. The summed E-state index contributed by atoms with van der Waals surface area (Å²) >= 11 is 0. The number of benzene rings is 2. The standard InChI is InChI=1S/C21H17FN2O4/c1-2-27-21(26)17-15(11-6-5-7-12(22)10-11)16-18(28-19(17)23)13-8-3-4-9-14(13)24-20(16)25/h3-10,15H,2,23H2,1H3,(H,24,25)/t15-/m1/s1. The summed E-state index contributed by atoms with van der Waals surface area (Å²) in [5, 5.41) is 0.629. The van der Waals surface area contributed by atoms with Gasteiger partial charge in [0, 0.05) is 5.39 Å². The van der Waals surface area contributed by atoms with Crippen molar-refractivity contribution in [2.45, 2.75) is 12.8 Å². The minimum absolute atomic E-state index is 0.0271. The molecule has 4 rings (SSSR count). The van der Waals surface area contributed by atoms with Gasteiger partial charge in [-0.15, -0.1) is 0 Å². The smallest absolute Gasteiger partial charge is 0.340 e. The van der Waals surface area contributed by atoms with Crippen molar-refractivity contribution in [2.24, 2.45) is 5.73 Å². The summed E-state index contributed by atoms with van der Waals surface area (Å²) in [5.41, 5.74) is 6.76. The van der Waals surface area contributed by atoms with Crippen LogP contribution in [0.25, 0.3) is 10.9 Å². The quantitative estimate of drug-likeness (QED) is 0.682. The number of halogens is 1. The van der Waals surface area contributed by atoms with Crippen LogP contribution in [0.2, 0.25) is 0 Å². The van der Waals surface area contributed by atoms with Crippen LogP contribution in [-0.4, -0.2) is 17.6 Å². The molecule has 142 valence electrons. The van der Waals surface area contributed by atoms with Gasteiger partial charge in [-0.05, 0) is 36.8 Å². The number of nitrogens with one attached hydrogen (secondary N) is 1. The fourth-order valence-corrected chi connectivity index (χ4v) is 3.50.